The molecule has 0 saturated heterocycles. The second-order valence-electron chi connectivity index (χ2n) is 3.47. The first kappa shape index (κ1) is 9.96. The Kier molecular flexibility index (Phi) is 3.59. The number of hydrogen-bond acceptors (Lipinski definition) is 3. The van der Waals surface area contributed by atoms with Crippen LogP contribution >= 0.6 is 0 Å². The zero-order chi connectivity index (χ0) is 8.91. The molecule has 0 aliphatic heterocycles. The van der Waals surface area contributed by atoms with E-state index < -0.39 is 0 Å². The van der Waals surface area contributed by atoms with Crippen molar-refractivity contribution in [2.24, 2.45) is 16.5 Å². The Labute approximate surface area is 67.3 Å². The normalized spacial score (nSPS) is 14.7. The van der Waals surface area contributed by atoms with E-state index in [4.69, 9.17) is 10.5 Å². The highest BCUT2D eigenvalue weighted by molar-refractivity contribution is 5.63. The van der Waals surface area contributed by atoms with E-state index in [0.717, 1.165) is 0 Å². The van der Waals surface area contributed by atoms with Crippen molar-refractivity contribution in [3.63, 3.8) is 0 Å². The predicted molar refractivity (Wildman–Crippen MR) is 43.5 cm³/mol. The van der Waals surface area contributed by atoms with E-state index in [-0.39, 0.29) is 11.3 Å². The highest BCUT2D eigenvalue weighted by Gasteiger charge is 2.18. The number of nitrogens with zero attached hydrogens (tertiary/aromatic N) is 2. The third-order valence-electron chi connectivity index (χ3n) is 1.46. The van der Waals surface area contributed by atoms with Crippen molar-refractivity contribution in [3.8, 4) is 6.07 Å². The van der Waals surface area contributed by atoms with Gasteiger partial charge in [-0.1, -0.05) is 13.8 Å². The molecule has 0 bridgehead atoms. The van der Waals surface area contributed by atoms with Gasteiger partial charge in [0.15, 0.2) is 0 Å². The lowest BCUT2D eigenvalue weighted by Crippen LogP contribution is -2.16. The van der Waals surface area contributed by atoms with E-state index in [9.17, 15) is 0 Å². The number of oxime groups is 1. The van der Waals surface area contributed by atoms with Gasteiger partial charge in [0.2, 0.25) is 0 Å². The molecule has 0 aromatic rings. The maximum atomic E-state index is 8.51. The molecule has 1 atom stereocenters. The molecule has 0 aromatic carbocycles. The SMILES string of the molecule is CC(C#N)CC(C)(C)C=NO. The third-order valence-corrected chi connectivity index (χ3v) is 1.46. The van der Waals surface area contributed by atoms with Gasteiger partial charge in [-0.25, -0.2) is 0 Å². The molecule has 1 unspecified atom stereocenters. The second kappa shape index (κ2) is 3.97. The van der Waals surface area contributed by atoms with Crippen LogP contribution in [0.3, 0.4) is 0 Å². The average Bonchev–Trinajstić information content (AvgIpc) is 1.86. The lowest BCUT2D eigenvalue weighted by molar-refractivity contribution is 0.309. The summed E-state index contributed by atoms with van der Waals surface area (Å²) in [5.41, 5.74) is -0.191. The van der Waals surface area contributed by atoms with Gasteiger partial charge in [0.05, 0.1) is 6.07 Å². The molecule has 0 aliphatic carbocycles. The average molecular weight is 154 g/mol. The molecule has 62 valence electrons. The van der Waals surface area contributed by atoms with Crippen LogP contribution in [-0.2, 0) is 0 Å². The van der Waals surface area contributed by atoms with Crippen LogP contribution in [0.5, 0.6) is 0 Å². The highest BCUT2D eigenvalue weighted by atomic mass is 16.4. The van der Waals surface area contributed by atoms with Crippen LogP contribution in [0.4, 0.5) is 0 Å². The van der Waals surface area contributed by atoms with E-state index in [1.807, 2.05) is 20.8 Å². The Hall–Kier alpha value is -1.04. The smallest absolute Gasteiger partial charge is 0.0653 e. The van der Waals surface area contributed by atoms with Gasteiger partial charge >= 0.3 is 0 Å². The molecule has 0 radical (unpaired) electrons. The lowest BCUT2D eigenvalue weighted by Gasteiger charge is -2.18. The van der Waals surface area contributed by atoms with Crippen molar-refractivity contribution in [2.45, 2.75) is 27.2 Å². The summed E-state index contributed by atoms with van der Waals surface area (Å²) < 4.78 is 0. The molecular weight excluding hydrogens is 140 g/mol. The van der Waals surface area contributed by atoms with Crippen LogP contribution in [0.2, 0.25) is 0 Å². The Bertz CT molecular complexity index is 179. The third kappa shape index (κ3) is 4.38. The molecule has 0 heterocycles. The quantitative estimate of drug-likeness (QED) is 0.384. The number of nitriles is 1. The van der Waals surface area contributed by atoms with Crippen LogP contribution in [0.15, 0.2) is 5.16 Å². The van der Waals surface area contributed by atoms with Gasteiger partial charge in [0.25, 0.3) is 0 Å². The molecule has 0 aliphatic rings. The van der Waals surface area contributed by atoms with Crippen LogP contribution in [-0.4, -0.2) is 11.4 Å². The van der Waals surface area contributed by atoms with Crippen LogP contribution < -0.4 is 0 Å². The van der Waals surface area contributed by atoms with Crippen LogP contribution in [0.25, 0.3) is 0 Å². The fourth-order valence-electron chi connectivity index (χ4n) is 1.04. The van der Waals surface area contributed by atoms with E-state index >= 15 is 0 Å². The van der Waals surface area contributed by atoms with Gasteiger partial charge in [-0.3, -0.25) is 0 Å². The number of rotatable bonds is 3. The Balaban J connectivity index is 4.03. The van der Waals surface area contributed by atoms with Crippen molar-refractivity contribution in [1.82, 2.24) is 0 Å². The molecular formula is C8H14N2O. The Morgan fingerprint density at radius 1 is 1.73 bits per heavy atom. The Morgan fingerprint density at radius 3 is 2.64 bits per heavy atom. The van der Waals surface area contributed by atoms with Crippen LogP contribution in [0, 0.1) is 22.7 Å². The van der Waals surface area contributed by atoms with E-state index in [1.54, 1.807) is 0 Å². The summed E-state index contributed by atoms with van der Waals surface area (Å²) in [5.74, 6) is 0.00278. The molecule has 0 saturated carbocycles. The second-order valence-corrected chi connectivity index (χ2v) is 3.47. The molecule has 3 nitrogen and oxygen atoms in total. The molecule has 0 spiro atoms. The summed E-state index contributed by atoms with van der Waals surface area (Å²) in [7, 11) is 0. The van der Waals surface area contributed by atoms with Crippen LogP contribution in [0.1, 0.15) is 27.2 Å². The number of hydrogen-bond donors (Lipinski definition) is 1. The summed E-state index contributed by atoms with van der Waals surface area (Å²) >= 11 is 0. The molecule has 0 rings (SSSR count). The summed E-state index contributed by atoms with van der Waals surface area (Å²) in [6.45, 7) is 5.72. The predicted octanol–water partition coefficient (Wildman–Crippen LogP) is 2.02. The fraction of sp³-hybridized carbons (Fsp3) is 0.750. The minimum Gasteiger partial charge on any atom is -0.411 e. The lowest BCUT2D eigenvalue weighted by atomic mass is 9.85. The van der Waals surface area contributed by atoms with Gasteiger partial charge in [-0.05, 0) is 13.3 Å². The maximum Gasteiger partial charge on any atom is 0.0653 e. The summed E-state index contributed by atoms with van der Waals surface area (Å²) in [6.07, 6.45) is 2.17. The maximum absolute atomic E-state index is 8.51. The summed E-state index contributed by atoms with van der Waals surface area (Å²) in [5, 5.41) is 19.7. The van der Waals surface area contributed by atoms with Crippen molar-refractivity contribution >= 4 is 6.21 Å². The first-order valence-electron chi connectivity index (χ1n) is 3.60. The zero-order valence-electron chi connectivity index (χ0n) is 7.20. The summed E-state index contributed by atoms with van der Waals surface area (Å²) in [6, 6.07) is 2.14. The van der Waals surface area contributed by atoms with Crippen molar-refractivity contribution in [2.75, 3.05) is 0 Å². The fourth-order valence-corrected chi connectivity index (χ4v) is 1.04. The molecule has 1 N–H and O–H groups in total. The van der Waals surface area contributed by atoms with Crippen molar-refractivity contribution < 1.29 is 5.21 Å². The van der Waals surface area contributed by atoms with Crippen molar-refractivity contribution in [1.29, 1.82) is 5.26 Å². The monoisotopic (exact) mass is 154 g/mol. The highest BCUT2D eigenvalue weighted by Crippen LogP contribution is 2.22. The van der Waals surface area contributed by atoms with Gasteiger partial charge < -0.3 is 5.21 Å². The van der Waals surface area contributed by atoms with Gasteiger partial charge in [0, 0.05) is 17.5 Å². The van der Waals surface area contributed by atoms with Crippen molar-refractivity contribution in [3.05, 3.63) is 0 Å². The first-order valence-corrected chi connectivity index (χ1v) is 3.60. The van der Waals surface area contributed by atoms with E-state index in [2.05, 4.69) is 11.2 Å². The van der Waals surface area contributed by atoms with Gasteiger partial charge in [0.1, 0.15) is 0 Å². The standard InChI is InChI=1S/C8H14N2O/c1-7(5-9)4-8(2,3)6-10-11/h6-7,11H,4H2,1-3H3. The Morgan fingerprint density at radius 2 is 2.27 bits per heavy atom. The molecule has 3 heteroatoms. The zero-order valence-corrected chi connectivity index (χ0v) is 7.20. The topological polar surface area (TPSA) is 56.4 Å². The molecule has 0 fully saturated rings. The first-order chi connectivity index (χ1) is 5.02. The largest absolute Gasteiger partial charge is 0.411 e. The molecule has 0 amide bonds. The van der Waals surface area contributed by atoms with Gasteiger partial charge in [-0.2, -0.15) is 5.26 Å². The minimum absolute atomic E-state index is 0.00278. The molecule has 11 heavy (non-hydrogen) atoms. The summed E-state index contributed by atoms with van der Waals surface area (Å²) in [4.78, 5) is 0. The van der Waals surface area contributed by atoms with Gasteiger partial charge in [-0.15, -0.1) is 5.16 Å². The molecule has 0 aromatic heterocycles. The van der Waals surface area contributed by atoms with E-state index in [0.29, 0.717) is 6.42 Å². The minimum atomic E-state index is -0.191. The van der Waals surface area contributed by atoms with E-state index in [1.165, 1.54) is 6.21 Å².